The van der Waals surface area contributed by atoms with E-state index in [4.69, 9.17) is 14.2 Å². The minimum absolute atomic E-state index is 0.108. The fraction of sp³-hybridized carbons (Fsp3) is 0.594. The molecule has 0 aromatic carbocycles. The van der Waals surface area contributed by atoms with E-state index >= 15 is 0 Å². The minimum Gasteiger partial charge on any atom is -0.456 e. The van der Waals surface area contributed by atoms with Crippen LogP contribution in [0.4, 0.5) is 0 Å². The van der Waals surface area contributed by atoms with Crippen LogP contribution in [0.5, 0.6) is 0 Å². The van der Waals surface area contributed by atoms with Crippen LogP contribution >= 0.6 is 0 Å². The van der Waals surface area contributed by atoms with Crippen molar-refractivity contribution in [3.8, 4) is 0 Å². The Labute approximate surface area is 230 Å². The van der Waals surface area contributed by atoms with E-state index in [1.807, 2.05) is 32.1 Å². The molecule has 38 heavy (non-hydrogen) atoms. The zero-order valence-electron chi connectivity index (χ0n) is 24.1. The lowest BCUT2D eigenvalue weighted by molar-refractivity contribution is -0.147. The van der Waals surface area contributed by atoms with E-state index in [0.717, 1.165) is 31.3 Å². The number of hydrogen-bond acceptors (Lipinski definition) is 6. The first-order valence-corrected chi connectivity index (χ1v) is 14.0. The summed E-state index contributed by atoms with van der Waals surface area (Å²) < 4.78 is 16.9. The predicted octanol–water partition coefficient (Wildman–Crippen LogP) is 6.17. The van der Waals surface area contributed by atoms with Crippen molar-refractivity contribution in [3.63, 3.8) is 0 Å². The van der Waals surface area contributed by atoms with Gasteiger partial charge in [-0.25, -0.2) is 4.79 Å². The molecule has 0 radical (unpaired) electrons. The van der Waals surface area contributed by atoms with E-state index in [2.05, 4.69) is 26.5 Å². The lowest BCUT2D eigenvalue weighted by Crippen LogP contribution is -2.29. The lowest BCUT2D eigenvalue weighted by Gasteiger charge is -2.23. The summed E-state index contributed by atoms with van der Waals surface area (Å²) in [6.07, 6.45) is 18.0. The summed E-state index contributed by atoms with van der Waals surface area (Å²) in [4.78, 5) is 12.0. The van der Waals surface area contributed by atoms with Crippen molar-refractivity contribution < 1.29 is 29.2 Å². The molecule has 2 heterocycles. The van der Waals surface area contributed by atoms with Crippen molar-refractivity contribution in [2.75, 3.05) is 13.2 Å². The molecule has 0 amide bonds. The Balaban J connectivity index is 0.00000352. The summed E-state index contributed by atoms with van der Waals surface area (Å²) in [5.41, 5.74) is 2.23. The number of aliphatic hydroxyl groups is 2. The number of carbonyl (C=O) groups is 1. The van der Waals surface area contributed by atoms with Crippen LogP contribution in [0.15, 0.2) is 72.4 Å². The highest BCUT2D eigenvalue weighted by atomic mass is 16.6. The normalized spacial score (nSPS) is 23.0. The zero-order valence-corrected chi connectivity index (χ0v) is 24.1. The predicted molar refractivity (Wildman–Crippen MR) is 155 cm³/mol. The average molecular weight is 531 g/mol. The molecule has 0 aromatic heterocycles. The molecule has 2 aliphatic heterocycles. The van der Waals surface area contributed by atoms with Gasteiger partial charge in [-0.3, -0.25) is 0 Å². The maximum Gasteiger partial charge on any atom is 0.330 e. The molecule has 6 unspecified atom stereocenters. The van der Waals surface area contributed by atoms with E-state index in [1.165, 1.54) is 11.6 Å². The molecule has 0 aromatic rings. The smallest absolute Gasteiger partial charge is 0.330 e. The summed E-state index contributed by atoms with van der Waals surface area (Å²) in [5, 5.41) is 21.2. The summed E-state index contributed by atoms with van der Waals surface area (Å²) in [5.74, 6) is -0.0913. The van der Waals surface area contributed by atoms with Crippen LogP contribution in [0.2, 0.25) is 0 Å². The van der Waals surface area contributed by atoms with Gasteiger partial charge in [-0.2, -0.15) is 0 Å². The topological polar surface area (TPSA) is 85.2 Å². The number of carbonyl (C=O) groups excluding carboxylic acids is 1. The van der Waals surface area contributed by atoms with Gasteiger partial charge in [-0.05, 0) is 51.9 Å². The Morgan fingerprint density at radius 3 is 2.61 bits per heavy atom. The maximum absolute atomic E-state index is 12.0. The van der Waals surface area contributed by atoms with E-state index < -0.39 is 24.3 Å². The Morgan fingerprint density at radius 2 is 1.95 bits per heavy atom. The van der Waals surface area contributed by atoms with Gasteiger partial charge in [0.15, 0.2) is 0 Å². The maximum atomic E-state index is 12.0. The molecule has 0 bridgehead atoms. The second kappa shape index (κ2) is 19.8. The third-order valence-electron chi connectivity index (χ3n) is 6.26. The molecule has 214 valence electrons. The number of esters is 1. The average Bonchev–Trinajstić information content (AvgIpc) is 2.88. The highest BCUT2D eigenvalue weighted by Gasteiger charge is 2.21. The van der Waals surface area contributed by atoms with Gasteiger partial charge in [0.25, 0.3) is 0 Å². The number of aliphatic hydroxyl groups excluding tert-OH is 2. The first kappa shape index (κ1) is 33.8. The van der Waals surface area contributed by atoms with Crippen molar-refractivity contribution in [2.24, 2.45) is 5.92 Å². The van der Waals surface area contributed by atoms with Gasteiger partial charge in [0.05, 0.1) is 31.5 Å². The molecule has 6 atom stereocenters. The minimum atomic E-state index is -0.997. The van der Waals surface area contributed by atoms with Crippen LogP contribution in [0.25, 0.3) is 0 Å². The largest absolute Gasteiger partial charge is 0.456 e. The second-order valence-electron chi connectivity index (χ2n) is 9.87. The Kier molecular flexibility index (Phi) is 17.6. The molecular weight excluding hydrogens is 480 g/mol. The van der Waals surface area contributed by atoms with Crippen LogP contribution in [0.3, 0.4) is 0 Å². The van der Waals surface area contributed by atoms with E-state index in [0.29, 0.717) is 25.6 Å². The molecular formula is C32H50O6. The lowest BCUT2D eigenvalue weighted by atomic mass is 9.92. The third-order valence-corrected chi connectivity index (χ3v) is 6.26. The Morgan fingerprint density at radius 1 is 1.18 bits per heavy atom. The molecule has 0 saturated carbocycles. The van der Waals surface area contributed by atoms with E-state index in [1.54, 1.807) is 31.2 Å². The van der Waals surface area contributed by atoms with Crippen molar-refractivity contribution in [2.45, 2.75) is 104 Å². The third kappa shape index (κ3) is 14.6. The van der Waals surface area contributed by atoms with Crippen molar-refractivity contribution in [1.29, 1.82) is 0 Å². The highest BCUT2D eigenvalue weighted by Crippen LogP contribution is 2.23. The van der Waals surface area contributed by atoms with Crippen LogP contribution in [-0.4, -0.2) is 59.9 Å². The van der Waals surface area contributed by atoms with Crippen molar-refractivity contribution in [1.82, 2.24) is 0 Å². The van der Waals surface area contributed by atoms with Crippen LogP contribution in [-0.2, 0) is 19.0 Å². The van der Waals surface area contributed by atoms with Gasteiger partial charge in [0, 0.05) is 12.5 Å². The van der Waals surface area contributed by atoms with Crippen LogP contribution in [0, 0.1) is 5.92 Å². The number of allylic oxidation sites excluding steroid dienone is 1. The van der Waals surface area contributed by atoms with Gasteiger partial charge < -0.3 is 24.4 Å². The van der Waals surface area contributed by atoms with Crippen LogP contribution < -0.4 is 0 Å². The molecule has 6 heteroatoms. The van der Waals surface area contributed by atoms with Gasteiger partial charge >= 0.3 is 5.97 Å². The number of hydrogen-bond donors (Lipinski definition) is 2. The fourth-order valence-corrected chi connectivity index (χ4v) is 4.42. The van der Waals surface area contributed by atoms with E-state index in [-0.39, 0.29) is 18.6 Å². The summed E-state index contributed by atoms with van der Waals surface area (Å²) >= 11 is 0. The molecule has 0 aliphatic carbocycles. The van der Waals surface area contributed by atoms with Crippen molar-refractivity contribution in [3.05, 3.63) is 72.4 Å². The van der Waals surface area contributed by atoms with Gasteiger partial charge in [-0.1, -0.05) is 87.1 Å². The molecule has 0 fully saturated rings. The summed E-state index contributed by atoms with van der Waals surface area (Å²) in [7, 11) is 0. The summed E-state index contributed by atoms with van der Waals surface area (Å²) in [6, 6.07) is 0. The molecule has 2 aliphatic rings. The van der Waals surface area contributed by atoms with Crippen LogP contribution in [0.1, 0.15) is 73.1 Å². The van der Waals surface area contributed by atoms with E-state index in [9.17, 15) is 15.0 Å². The number of rotatable bonds is 14. The SMILES string of the molecule is C=C(CC(O)/C=C/CC(OC(=O)/C=C\C)C(O)/C=C/C1CC(C)=CCO1)CC(C)CC1CC=CCO1.CC. The first-order chi connectivity index (χ1) is 18.3. The molecule has 6 nitrogen and oxygen atoms in total. The highest BCUT2D eigenvalue weighted by molar-refractivity contribution is 5.82. The Hall–Kier alpha value is -2.25. The molecule has 0 spiro atoms. The summed E-state index contributed by atoms with van der Waals surface area (Å²) in [6.45, 7) is 15.3. The number of ether oxygens (including phenoxy) is 3. The zero-order chi connectivity index (χ0) is 28.3. The quantitative estimate of drug-likeness (QED) is 0.159. The van der Waals surface area contributed by atoms with Gasteiger partial charge in [0.1, 0.15) is 12.2 Å². The first-order valence-electron chi connectivity index (χ1n) is 14.0. The van der Waals surface area contributed by atoms with Gasteiger partial charge in [0.2, 0.25) is 0 Å². The standard InChI is InChI=1S/C30H44O6.C2H6/c1-5-9-30(33)36-29(28(32)14-13-27-20-22(2)15-17-35-27)12-8-10-25(31)19-23(3)18-24(4)21-26-11-6-7-16-34-26;1-2/h5-10,13-15,24-29,31-32H,3,11-12,16-21H2,1-2,4H3;1-2H3/b9-5-,10-8+,14-13+;. The molecule has 2 rings (SSSR count). The molecule has 2 N–H and O–H groups in total. The van der Waals surface area contributed by atoms with Gasteiger partial charge in [-0.15, -0.1) is 0 Å². The molecule has 0 saturated heterocycles. The monoisotopic (exact) mass is 530 g/mol. The van der Waals surface area contributed by atoms with Crippen molar-refractivity contribution >= 4 is 5.97 Å². The Bertz CT molecular complexity index is 837. The fourth-order valence-electron chi connectivity index (χ4n) is 4.42. The second-order valence-corrected chi connectivity index (χ2v) is 9.87.